The van der Waals surface area contributed by atoms with Gasteiger partial charge in [0, 0.05) is 32.2 Å². The zero-order chi connectivity index (χ0) is 15.2. The SMILES string of the molecule is Nc1cn[nH]c1C(=O)N1CCC(C(=O)NCCCO)CC1. The molecule has 116 valence electrons. The van der Waals surface area contributed by atoms with Gasteiger partial charge in [0.05, 0.1) is 11.9 Å². The number of nitrogens with two attached hydrogens (primary N) is 1. The first-order chi connectivity index (χ1) is 10.1. The van der Waals surface area contributed by atoms with Crippen LogP contribution < -0.4 is 11.1 Å². The standard InChI is InChI=1S/C13H21N5O3/c14-10-8-16-17-11(10)13(21)18-5-2-9(3-6-18)12(20)15-4-1-7-19/h8-9,19H,1-7,14H2,(H,15,20)(H,16,17). The summed E-state index contributed by atoms with van der Waals surface area (Å²) in [7, 11) is 0. The molecule has 0 aliphatic carbocycles. The molecule has 21 heavy (non-hydrogen) atoms. The Kier molecular flexibility index (Phi) is 5.15. The maximum absolute atomic E-state index is 12.2. The first-order valence-corrected chi connectivity index (χ1v) is 7.10. The van der Waals surface area contributed by atoms with Crippen molar-refractivity contribution in [2.75, 3.05) is 32.0 Å². The van der Waals surface area contributed by atoms with Crippen molar-refractivity contribution in [1.82, 2.24) is 20.4 Å². The fourth-order valence-corrected chi connectivity index (χ4v) is 2.40. The number of nitrogen functional groups attached to an aromatic ring is 1. The Labute approximate surface area is 122 Å². The number of hydrogen-bond acceptors (Lipinski definition) is 5. The van der Waals surface area contributed by atoms with Gasteiger partial charge in [0.1, 0.15) is 5.69 Å². The molecule has 1 aromatic rings. The van der Waals surface area contributed by atoms with Crippen molar-refractivity contribution in [3.05, 3.63) is 11.9 Å². The number of carbonyl (C=O) groups is 2. The van der Waals surface area contributed by atoms with Gasteiger partial charge >= 0.3 is 0 Å². The van der Waals surface area contributed by atoms with Crippen molar-refractivity contribution in [3.8, 4) is 0 Å². The van der Waals surface area contributed by atoms with Gasteiger partial charge in [-0.15, -0.1) is 0 Å². The van der Waals surface area contributed by atoms with E-state index in [0.717, 1.165) is 0 Å². The summed E-state index contributed by atoms with van der Waals surface area (Å²) < 4.78 is 0. The quantitative estimate of drug-likeness (QED) is 0.537. The lowest BCUT2D eigenvalue weighted by Crippen LogP contribution is -2.43. The second kappa shape index (κ2) is 7.07. The molecule has 5 N–H and O–H groups in total. The molecule has 1 fully saturated rings. The molecule has 1 aliphatic rings. The number of anilines is 1. The fourth-order valence-electron chi connectivity index (χ4n) is 2.40. The number of rotatable bonds is 5. The predicted molar refractivity (Wildman–Crippen MR) is 76.3 cm³/mol. The number of aliphatic hydroxyl groups is 1. The van der Waals surface area contributed by atoms with Gasteiger partial charge in [0.2, 0.25) is 5.91 Å². The van der Waals surface area contributed by atoms with Crippen molar-refractivity contribution in [2.45, 2.75) is 19.3 Å². The Morgan fingerprint density at radius 1 is 1.48 bits per heavy atom. The molecule has 0 atom stereocenters. The second-order valence-corrected chi connectivity index (χ2v) is 5.14. The van der Waals surface area contributed by atoms with E-state index in [1.165, 1.54) is 6.20 Å². The van der Waals surface area contributed by atoms with E-state index in [0.29, 0.717) is 50.3 Å². The number of nitrogens with one attached hydrogen (secondary N) is 2. The van der Waals surface area contributed by atoms with E-state index >= 15 is 0 Å². The molecule has 0 saturated carbocycles. The lowest BCUT2D eigenvalue weighted by Gasteiger charge is -2.31. The number of amides is 2. The summed E-state index contributed by atoms with van der Waals surface area (Å²) in [5.74, 6) is -0.257. The highest BCUT2D eigenvalue weighted by Crippen LogP contribution is 2.20. The molecule has 8 nitrogen and oxygen atoms in total. The van der Waals surface area contributed by atoms with Crippen molar-refractivity contribution in [3.63, 3.8) is 0 Å². The van der Waals surface area contributed by atoms with Crippen molar-refractivity contribution in [1.29, 1.82) is 0 Å². The van der Waals surface area contributed by atoms with Crippen LogP contribution in [-0.2, 0) is 4.79 Å². The summed E-state index contributed by atoms with van der Waals surface area (Å²) in [6.45, 7) is 1.60. The van der Waals surface area contributed by atoms with E-state index in [2.05, 4.69) is 15.5 Å². The van der Waals surface area contributed by atoms with Crippen molar-refractivity contribution in [2.24, 2.45) is 5.92 Å². The molecule has 8 heteroatoms. The minimum absolute atomic E-state index is 0.00315. The van der Waals surface area contributed by atoms with Crippen LogP contribution in [0, 0.1) is 5.92 Å². The second-order valence-electron chi connectivity index (χ2n) is 5.14. The maximum atomic E-state index is 12.2. The first kappa shape index (κ1) is 15.3. The summed E-state index contributed by atoms with van der Waals surface area (Å²) in [5.41, 5.74) is 6.31. The summed E-state index contributed by atoms with van der Waals surface area (Å²) in [5, 5.41) is 17.8. The molecular weight excluding hydrogens is 274 g/mol. The summed E-state index contributed by atoms with van der Waals surface area (Å²) in [6, 6.07) is 0. The van der Waals surface area contributed by atoms with Gasteiger partial charge in [-0.2, -0.15) is 5.10 Å². The Hall–Kier alpha value is -2.09. The maximum Gasteiger partial charge on any atom is 0.274 e. The Morgan fingerprint density at radius 2 is 2.19 bits per heavy atom. The number of hydrogen-bond donors (Lipinski definition) is 4. The molecular formula is C13H21N5O3. The van der Waals surface area contributed by atoms with E-state index < -0.39 is 0 Å². The zero-order valence-corrected chi connectivity index (χ0v) is 11.8. The summed E-state index contributed by atoms with van der Waals surface area (Å²) in [6.07, 6.45) is 3.23. The van der Waals surface area contributed by atoms with Crippen LogP contribution in [0.15, 0.2) is 6.20 Å². The molecule has 2 rings (SSSR count). The number of likely N-dealkylation sites (tertiary alicyclic amines) is 1. The normalized spacial score (nSPS) is 16.0. The number of piperidine rings is 1. The predicted octanol–water partition coefficient (Wildman–Crippen LogP) is -0.657. The van der Waals surface area contributed by atoms with Gasteiger partial charge < -0.3 is 21.1 Å². The minimum Gasteiger partial charge on any atom is -0.396 e. The third kappa shape index (κ3) is 3.72. The zero-order valence-electron chi connectivity index (χ0n) is 11.8. The van der Waals surface area contributed by atoms with Gasteiger partial charge in [-0.05, 0) is 19.3 Å². The fraction of sp³-hybridized carbons (Fsp3) is 0.615. The summed E-state index contributed by atoms with van der Waals surface area (Å²) in [4.78, 5) is 25.8. The molecule has 0 bridgehead atoms. The number of H-pyrrole nitrogens is 1. The van der Waals surface area contributed by atoms with Crippen molar-refractivity contribution < 1.29 is 14.7 Å². The van der Waals surface area contributed by atoms with E-state index in [9.17, 15) is 9.59 Å². The van der Waals surface area contributed by atoms with Gasteiger partial charge in [0.25, 0.3) is 5.91 Å². The molecule has 1 aromatic heterocycles. The van der Waals surface area contributed by atoms with E-state index in [1.807, 2.05) is 0 Å². The number of aromatic amines is 1. The van der Waals surface area contributed by atoms with E-state index in [-0.39, 0.29) is 24.3 Å². The highest BCUT2D eigenvalue weighted by Gasteiger charge is 2.28. The van der Waals surface area contributed by atoms with Crippen LogP contribution in [0.25, 0.3) is 0 Å². The van der Waals surface area contributed by atoms with Crippen LogP contribution in [0.4, 0.5) is 5.69 Å². The molecule has 0 aromatic carbocycles. The molecule has 1 saturated heterocycles. The molecule has 1 aliphatic heterocycles. The van der Waals surface area contributed by atoms with E-state index in [4.69, 9.17) is 10.8 Å². The third-order valence-electron chi connectivity index (χ3n) is 3.67. The topological polar surface area (TPSA) is 124 Å². The molecule has 0 spiro atoms. The minimum atomic E-state index is -0.177. The van der Waals surface area contributed by atoms with Crippen LogP contribution in [0.1, 0.15) is 29.8 Å². The number of carbonyl (C=O) groups excluding carboxylic acids is 2. The van der Waals surface area contributed by atoms with Gasteiger partial charge in [-0.1, -0.05) is 0 Å². The first-order valence-electron chi connectivity index (χ1n) is 7.10. The Bertz CT molecular complexity index is 494. The summed E-state index contributed by atoms with van der Waals surface area (Å²) >= 11 is 0. The van der Waals surface area contributed by atoms with Crippen LogP contribution in [0.3, 0.4) is 0 Å². The van der Waals surface area contributed by atoms with Gasteiger partial charge in [0.15, 0.2) is 0 Å². The number of aromatic nitrogens is 2. The number of nitrogens with zero attached hydrogens (tertiary/aromatic N) is 2. The lowest BCUT2D eigenvalue weighted by atomic mass is 9.95. The van der Waals surface area contributed by atoms with Crippen LogP contribution >= 0.6 is 0 Å². The molecule has 2 amide bonds. The van der Waals surface area contributed by atoms with Crippen molar-refractivity contribution >= 4 is 17.5 Å². The van der Waals surface area contributed by atoms with Gasteiger partial charge in [-0.25, -0.2) is 0 Å². The monoisotopic (exact) mass is 295 g/mol. The average Bonchev–Trinajstić information content (AvgIpc) is 2.93. The highest BCUT2D eigenvalue weighted by molar-refractivity contribution is 5.97. The Balaban J connectivity index is 1.82. The molecule has 2 heterocycles. The smallest absolute Gasteiger partial charge is 0.274 e. The van der Waals surface area contributed by atoms with Gasteiger partial charge in [-0.3, -0.25) is 14.7 Å². The number of aliphatic hydroxyl groups excluding tert-OH is 1. The van der Waals surface area contributed by atoms with Crippen LogP contribution in [0.2, 0.25) is 0 Å². The highest BCUT2D eigenvalue weighted by atomic mass is 16.3. The molecule has 0 radical (unpaired) electrons. The Morgan fingerprint density at radius 3 is 2.76 bits per heavy atom. The lowest BCUT2D eigenvalue weighted by molar-refractivity contribution is -0.126. The average molecular weight is 295 g/mol. The van der Waals surface area contributed by atoms with Crippen LogP contribution in [-0.4, -0.2) is 58.3 Å². The largest absolute Gasteiger partial charge is 0.396 e. The molecule has 0 unspecified atom stereocenters. The van der Waals surface area contributed by atoms with E-state index in [1.54, 1.807) is 4.90 Å². The van der Waals surface area contributed by atoms with Crippen LogP contribution in [0.5, 0.6) is 0 Å². The third-order valence-corrected chi connectivity index (χ3v) is 3.67.